The van der Waals surface area contributed by atoms with Gasteiger partial charge in [-0.15, -0.1) is 0 Å². The lowest BCUT2D eigenvalue weighted by molar-refractivity contribution is -0.179. The Morgan fingerprint density at radius 1 is 1.02 bits per heavy atom. The Kier molecular flexibility index (Phi) is 7.77. The second kappa shape index (κ2) is 10.8. The van der Waals surface area contributed by atoms with Gasteiger partial charge in [-0.2, -0.15) is 17.2 Å². The van der Waals surface area contributed by atoms with Crippen LogP contribution in [0.5, 0.6) is 0 Å². The summed E-state index contributed by atoms with van der Waals surface area (Å²) >= 11 is 0. The summed E-state index contributed by atoms with van der Waals surface area (Å²) in [5.74, 6) is -3.20. The first-order valence-corrected chi connectivity index (χ1v) is 16.4. The first-order chi connectivity index (χ1) is 20.5. The van der Waals surface area contributed by atoms with Gasteiger partial charge in [0.1, 0.15) is 42.9 Å². The summed E-state index contributed by atoms with van der Waals surface area (Å²) in [6.07, 6.45) is -1.21. The van der Waals surface area contributed by atoms with Crippen LogP contribution in [0.1, 0.15) is 52.9 Å². The fourth-order valence-electron chi connectivity index (χ4n) is 8.64. The van der Waals surface area contributed by atoms with Crippen LogP contribution in [0.3, 0.4) is 0 Å². The summed E-state index contributed by atoms with van der Waals surface area (Å²) in [6, 6.07) is 0. The number of carbonyl (C=O) groups excluding carboxylic acids is 4. The third kappa shape index (κ3) is 4.99. The third-order valence-corrected chi connectivity index (χ3v) is 11.8. The van der Waals surface area contributed by atoms with Gasteiger partial charge in [-0.25, -0.2) is 9.59 Å². The van der Waals surface area contributed by atoms with Crippen LogP contribution in [-0.4, -0.2) is 91.4 Å². The number of ether oxygens (including phenoxy) is 6. The normalized spacial score (nSPS) is 40.7. The summed E-state index contributed by atoms with van der Waals surface area (Å²) in [4.78, 5) is 50.9. The van der Waals surface area contributed by atoms with E-state index in [0.717, 1.165) is 12.8 Å². The average molecular weight is 651 g/mol. The highest BCUT2D eigenvalue weighted by atomic mass is 32.2. The first-order valence-electron chi connectivity index (χ1n) is 14.9. The fourth-order valence-corrected chi connectivity index (χ4v) is 9.11. The van der Waals surface area contributed by atoms with Crippen molar-refractivity contribution in [2.75, 3.05) is 13.2 Å². The van der Waals surface area contributed by atoms with E-state index in [0.29, 0.717) is 30.6 Å². The molecule has 3 saturated carbocycles. The van der Waals surface area contributed by atoms with E-state index in [-0.39, 0.29) is 5.92 Å². The van der Waals surface area contributed by atoms with Gasteiger partial charge >= 0.3 is 39.2 Å². The van der Waals surface area contributed by atoms with E-state index in [9.17, 15) is 36.4 Å². The van der Waals surface area contributed by atoms with Crippen LogP contribution in [0, 0.1) is 41.4 Å². The molecule has 0 aromatic rings. The van der Waals surface area contributed by atoms with Crippen molar-refractivity contribution in [3.05, 3.63) is 0 Å². The van der Waals surface area contributed by atoms with Gasteiger partial charge in [0.15, 0.2) is 18.3 Å². The molecule has 0 aromatic heterocycles. The minimum Gasteiger partial charge on any atom is -0.458 e. The molecule has 3 aliphatic carbocycles. The van der Waals surface area contributed by atoms with Crippen molar-refractivity contribution in [2.24, 2.45) is 41.4 Å². The zero-order chi connectivity index (χ0) is 31.9. The van der Waals surface area contributed by atoms with Crippen LogP contribution in [0.15, 0.2) is 0 Å². The molecule has 0 spiro atoms. The highest BCUT2D eigenvalue weighted by Gasteiger charge is 2.72. The summed E-state index contributed by atoms with van der Waals surface area (Å²) in [7, 11) is -5.84. The van der Waals surface area contributed by atoms with Gasteiger partial charge in [0.2, 0.25) is 0 Å². The van der Waals surface area contributed by atoms with E-state index in [1.54, 1.807) is 0 Å². The number of hydrogen-bond acceptors (Lipinski definition) is 12. The molecule has 13 nitrogen and oxygen atoms in total. The molecule has 44 heavy (non-hydrogen) atoms. The van der Waals surface area contributed by atoms with E-state index in [1.165, 1.54) is 19.3 Å². The molecule has 0 radical (unpaired) electrons. The Morgan fingerprint density at radius 3 is 2.23 bits per heavy atom. The van der Waals surface area contributed by atoms with Gasteiger partial charge in [-0.05, 0) is 68.6 Å². The van der Waals surface area contributed by atoms with Gasteiger partial charge in [-0.1, -0.05) is 13.8 Å². The molecule has 3 heterocycles. The molecule has 0 amide bonds. The van der Waals surface area contributed by atoms with Crippen molar-refractivity contribution in [3.63, 3.8) is 0 Å². The lowest BCUT2D eigenvalue weighted by Crippen LogP contribution is -2.50. The van der Waals surface area contributed by atoms with Crippen molar-refractivity contribution in [1.82, 2.24) is 0 Å². The fraction of sp³-hybridized carbons (Fsp3) is 0.857. The van der Waals surface area contributed by atoms with E-state index in [2.05, 4.69) is 4.74 Å². The zero-order valence-electron chi connectivity index (χ0n) is 24.4. The minimum atomic E-state index is -5.84. The summed E-state index contributed by atoms with van der Waals surface area (Å²) in [5, 5.41) is -4.76. The highest BCUT2D eigenvalue weighted by molar-refractivity contribution is 7.86. The lowest BCUT2D eigenvalue weighted by atomic mass is 9.78. The Balaban J connectivity index is 1.06. The van der Waals surface area contributed by atoms with Crippen molar-refractivity contribution < 1.29 is 69.4 Å². The molecule has 6 rings (SSSR count). The molecular weight excluding hydrogens is 614 g/mol. The molecular formula is C28H36F2O13S. The molecule has 16 heteroatoms. The standard InChI is InChI=1S/C28H36F2O13S/c1-11(2)27(7-15-13-4-5-14(6-13)16(15)8-27)43-26(34)20-19-21-24(42-25(19)33)23(22(20)41-21)40-18(32)10-38-9-17(31)39-12(3)28(29,30)44(35,36)37/h11-16,19-24H,4-10H2,1-3H3,(H,35,36,37). The van der Waals surface area contributed by atoms with Crippen LogP contribution in [-0.2, 0) is 57.7 Å². The maximum absolute atomic E-state index is 13.8. The summed E-state index contributed by atoms with van der Waals surface area (Å²) in [6.45, 7) is 2.75. The van der Waals surface area contributed by atoms with Gasteiger partial charge in [-0.3, -0.25) is 14.1 Å². The van der Waals surface area contributed by atoms with E-state index < -0.39 is 100 Å². The molecule has 0 aromatic carbocycles. The second-order valence-corrected chi connectivity index (χ2v) is 14.8. The van der Waals surface area contributed by atoms with E-state index >= 15 is 0 Å². The Labute approximate surface area is 252 Å². The highest BCUT2D eigenvalue weighted by Crippen LogP contribution is 2.63. The number of alkyl halides is 2. The quantitative estimate of drug-likeness (QED) is 0.194. The topological polar surface area (TPSA) is 178 Å². The maximum atomic E-state index is 13.8. The Hall–Kier alpha value is -2.43. The average Bonchev–Trinajstić information content (AvgIpc) is 3.74. The SMILES string of the molecule is CC(C)C1(OC(=O)C2C3OC4C(OC(=O)C42)C3OC(=O)COCC(=O)OC(C)C(F)(F)S(=O)(=O)O)CC2C3CCC(C3)C2C1. The van der Waals surface area contributed by atoms with Gasteiger partial charge in [0.25, 0.3) is 0 Å². The number of hydrogen-bond donors (Lipinski definition) is 1. The molecule has 4 bridgehead atoms. The third-order valence-electron chi connectivity index (χ3n) is 10.8. The van der Waals surface area contributed by atoms with Crippen LogP contribution in [0.4, 0.5) is 8.78 Å². The van der Waals surface area contributed by atoms with E-state index in [1.807, 2.05) is 13.8 Å². The monoisotopic (exact) mass is 650 g/mol. The van der Waals surface area contributed by atoms with Gasteiger partial charge in [0.05, 0.1) is 0 Å². The molecule has 3 saturated heterocycles. The van der Waals surface area contributed by atoms with Crippen LogP contribution in [0.25, 0.3) is 0 Å². The molecule has 6 fully saturated rings. The molecule has 1 N–H and O–H groups in total. The number of esters is 4. The Morgan fingerprint density at radius 2 is 1.64 bits per heavy atom. The van der Waals surface area contributed by atoms with Crippen molar-refractivity contribution in [1.29, 1.82) is 0 Å². The van der Waals surface area contributed by atoms with Crippen molar-refractivity contribution in [3.8, 4) is 0 Å². The summed E-state index contributed by atoms with van der Waals surface area (Å²) < 4.78 is 89.6. The molecule has 246 valence electrons. The molecule has 11 atom stereocenters. The lowest BCUT2D eigenvalue weighted by Gasteiger charge is -2.37. The number of halogens is 2. The van der Waals surface area contributed by atoms with Crippen molar-refractivity contribution >= 4 is 34.0 Å². The van der Waals surface area contributed by atoms with Gasteiger partial charge < -0.3 is 28.4 Å². The number of rotatable bonds is 11. The summed E-state index contributed by atoms with van der Waals surface area (Å²) in [5.41, 5.74) is -0.658. The minimum absolute atomic E-state index is 0.0546. The zero-order valence-corrected chi connectivity index (χ0v) is 25.2. The van der Waals surface area contributed by atoms with Crippen molar-refractivity contribution in [2.45, 2.75) is 94.3 Å². The smallest absolute Gasteiger partial charge is 0.405 e. The van der Waals surface area contributed by atoms with Crippen LogP contribution in [0.2, 0.25) is 0 Å². The maximum Gasteiger partial charge on any atom is 0.405 e. The number of fused-ring (bicyclic) bond motifs is 6. The Bertz CT molecular complexity index is 1320. The molecule has 3 aliphatic heterocycles. The first kappa shape index (κ1) is 31.5. The van der Waals surface area contributed by atoms with Crippen LogP contribution < -0.4 is 0 Å². The largest absolute Gasteiger partial charge is 0.458 e. The second-order valence-electron chi connectivity index (χ2n) is 13.3. The molecule has 11 unspecified atom stereocenters. The predicted octanol–water partition coefficient (Wildman–Crippen LogP) is 1.66. The van der Waals surface area contributed by atoms with Crippen LogP contribution >= 0.6 is 0 Å². The number of carbonyl (C=O) groups is 4. The van der Waals surface area contributed by atoms with E-state index in [4.69, 9.17) is 28.2 Å². The predicted molar refractivity (Wildman–Crippen MR) is 139 cm³/mol. The molecule has 6 aliphatic rings. The van der Waals surface area contributed by atoms with Gasteiger partial charge in [0, 0.05) is 0 Å².